The van der Waals surface area contributed by atoms with E-state index < -0.39 is 0 Å². The summed E-state index contributed by atoms with van der Waals surface area (Å²) in [6, 6.07) is 0. The van der Waals surface area contributed by atoms with E-state index in [0.717, 1.165) is 29.3 Å². The molecule has 6 heteroatoms. The highest BCUT2D eigenvalue weighted by atomic mass is 79.9. The van der Waals surface area contributed by atoms with Gasteiger partial charge >= 0.3 is 0 Å². The summed E-state index contributed by atoms with van der Waals surface area (Å²) in [5, 5.41) is 3.06. The van der Waals surface area contributed by atoms with Crippen LogP contribution in [-0.4, -0.2) is 41.3 Å². The lowest BCUT2D eigenvalue weighted by Gasteiger charge is -2.47. The molecule has 0 spiro atoms. The fourth-order valence-electron chi connectivity index (χ4n) is 2.61. The topological polar surface area (TPSA) is 50.3 Å². The third-order valence-corrected chi connectivity index (χ3v) is 3.53. The quantitative estimate of drug-likeness (QED) is 0.904. The number of hydrogen-bond acceptors (Lipinski definition) is 5. The van der Waals surface area contributed by atoms with E-state index in [2.05, 4.69) is 63.8 Å². The fourth-order valence-corrected chi connectivity index (χ4v) is 3.00. The molecule has 1 N–H and O–H groups in total. The highest BCUT2D eigenvalue weighted by molar-refractivity contribution is 9.10. The smallest absolute Gasteiger partial charge is 0.227 e. The van der Waals surface area contributed by atoms with Gasteiger partial charge in [-0.15, -0.1) is 0 Å². The van der Waals surface area contributed by atoms with Crippen LogP contribution in [0.5, 0.6) is 0 Å². The lowest BCUT2D eigenvalue weighted by molar-refractivity contribution is -0.133. The molecule has 2 heterocycles. The Morgan fingerprint density at radius 1 is 1.26 bits per heavy atom. The van der Waals surface area contributed by atoms with Gasteiger partial charge in [-0.3, -0.25) is 0 Å². The fraction of sp³-hybridized carbons (Fsp3) is 0.692. The molecular weight excluding hydrogens is 308 g/mol. The van der Waals surface area contributed by atoms with Crippen LogP contribution in [0.1, 0.15) is 27.7 Å². The highest BCUT2D eigenvalue weighted by Gasteiger charge is 2.39. The largest absolute Gasteiger partial charge is 0.372 e. The molecule has 5 nitrogen and oxygen atoms in total. The molecule has 1 aromatic rings. The minimum Gasteiger partial charge on any atom is -0.372 e. The standard InChI is InChI=1S/C13H21BrN4O/c1-12(2)7-18(8-13(3,4)19-12)11-16-6-9(14)10(15-5)17-11/h6H,7-8H2,1-5H3,(H,15,16,17). The Kier molecular flexibility index (Phi) is 3.75. The van der Waals surface area contributed by atoms with Gasteiger partial charge in [0, 0.05) is 26.3 Å². The van der Waals surface area contributed by atoms with Crippen molar-refractivity contribution in [3.8, 4) is 0 Å². The van der Waals surface area contributed by atoms with Gasteiger partial charge < -0.3 is 15.0 Å². The zero-order valence-electron chi connectivity index (χ0n) is 12.1. The second-order valence-electron chi connectivity index (χ2n) is 6.09. The summed E-state index contributed by atoms with van der Waals surface area (Å²) >= 11 is 3.43. The maximum Gasteiger partial charge on any atom is 0.227 e. The van der Waals surface area contributed by atoms with Crippen molar-refractivity contribution in [2.75, 3.05) is 30.4 Å². The molecule has 0 radical (unpaired) electrons. The first-order valence-corrected chi connectivity index (χ1v) is 7.17. The molecule has 106 valence electrons. The molecule has 2 rings (SSSR count). The zero-order chi connectivity index (χ0) is 14.3. The second kappa shape index (κ2) is 4.90. The number of nitrogens with zero attached hydrogens (tertiary/aromatic N) is 3. The summed E-state index contributed by atoms with van der Waals surface area (Å²) in [5.74, 6) is 1.53. The Labute approximate surface area is 122 Å². The molecule has 1 aliphatic rings. The summed E-state index contributed by atoms with van der Waals surface area (Å²) in [7, 11) is 1.85. The Bertz CT molecular complexity index is 460. The molecule has 0 saturated carbocycles. The third kappa shape index (κ3) is 3.36. The minimum absolute atomic E-state index is 0.210. The lowest BCUT2D eigenvalue weighted by Crippen LogP contribution is -2.57. The molecule has 1 aliphatic heterocycles. The van der Waals surface area contributed by atoms with Crippen LogP contribution in [0.2, 0.25) is 0 Å². The number of hydrogen-bond donors (Lipinski definition) is 1. The number of rotatable bonds is 2. The number of anilines is 2. The normalized spacial score (nSPS) is 21.3. The van der Waals surface area contributed by atoms with Crippen molar-refractivity contribution in [1.29, 1.82) is 0 Å². The number of morpholine rings is 1. The summed E-state index contributed by atoms with van der Waals surface area (Å²) in [5.41, 5.74) is -0.421. The first-order chi connectivity index (χ1) is 8.72. The Morgan fingerprint density at radius 3 is 2.37 bits per heavy atom. The van der Waals surface area contributed by atoms with Crippen LogP contribution in [0.3, 0.4) is 0 Å². The van der Waals surface area contributed by atoms with Crippen LogP contribution in [-0.2, 0) is 4.74 Å². The maximum absolute atomic E-state index is 6.07. The van der Waals surface area contributed by atoms with Crippen molar-refractivity contribution in [2.45, 2.75) is 38.9 Å². The minimum atomic E-state index is -0.210. The SMILES string of the molecule is CNc1nc(N2CC(C)(C)OC(C)(C)C2)ncc1Br. The summed E-state index contributed by atoms with van der Waals surface area (Å²) in [6.07, 6.45) is 1.78. The monoisotopic (exact) mass is 328 g/mol. The van der Waals surface area contributed by atoms with Gasteiger partial charge in [0.15, 0.2) is 0 Å². The van der Waals surface area contributed by atoms with Crippen LogP contribution in [0.15, 0.2) is 10.7 Å². The molecule has 19 heavy (non-hydrogen) atoms. The molecule has 0 bridgehead atoms. The van der Waals surface area contributed by atoms with E-state index in [1.54, 1.807) is 6.20 Å². The molecular formula is C13H21BrN4O. The predicted molar refractivity (Wildman–Crippen MR) is 80.7 cm³/mol. The van der Waals surface area contributed by atoms with E-state index in [1.165, 1.54) is 0 Å². The van der Waals surface area contributed by atoms with Crippen molar-refractivity contribution >= 4 is 27.7 Å². The number of aromatic nitrogens is 2. The van der Waals surface area contributed by atoms with Gasteiger partial charge in [0.1, 0.15) is 5.82 Å². The summed E-state index contributed by atoms with van der Waals surface area (Å²) < 4.78 is 6.94. The van der Waals surface area contributed by atoms with Crippen LogP contribution >= 0.6 is 15.9 Å². The second-order valence-corrected chi connectivity index (χ2v) is 6.95. The molecule has 0 atom stereocenters. The maximum atomic E-state index is 6.07. The van der Waals surface area contributed by atoms with Crippen molar-refractivity contribution in [2.24, 2.45) is 0 Å². The van der Waals surface area contributed by atoms with E-state index in [9.17, 15) is 0 Å². The van der Waals surface area contributed by atoms with Crippen molar-refractivity contribution in [3.05, 3.63) is 10.7 Å². The van der Waals surface area contributed by atoms with E-state index in [1.807, 2.05) is 7.05 Å². The average Bonchev–Trinajstić information content (AvgIpc) is 2.25. The first-order valence-electron chi connectivity index (χ1n) is 6.38. The van der Waals surface area contributed by atoms with Crippen LogP contribution < -0.4 is 10.2 Å². The molecule has 1 saturated heterocycles. The third-order valence-electron chi connectivity index (χ3n) is 2.95. The molecule has 1 fully saturated rings. The number of halogens is 1. The van der Waals surface area contributed by atoms with Gasteiger partial charge in [0.05, 0.1) is 15.7 Å². The van der Waals surface area contributed by atoms with E-state index in [-0.39, 0.29) is 11.2 Å². The van der Waals surface area contributed by atoms with Crippen LogP contribution in [0, 0.1) is 0 Å². The zero-order valence-corrected chi connectivity index (χ0v) is 13.7. The molecule has 0 aliphatic carbocycles. The van der Waals surface area contributed by atoms with Crippen molar-refractivity contribution in [1.82, 2.24) is 9.97 Å². The average molecular weight is 329 g/mol. The molecule has 0 amide bonds. The Morgan fingerprint density at radius 2 is 1.84 bits per heavy atom. The van der Waals surface area contributed by atoms with Crippen LogP contribution in [0.4, 0.5) is 11.8 Å². The molecule has 1 aromatic heterocycles. The lowest BCUT2D eigenvalue weighted by atomic mass is 9.99. The van der Waals surface area contributed by atoms with E-state index in [0.29, 0.717) is 0 Å². The van der Waals surface area contributed by atoms with Gasteiger partial charge in [0.25, 0.3) is 0 Å². The molecule has 0 unspecified atom stereocenters. The number of nitrogens with one attached hydrogen (secondary N) is 1. The van der Waals surface area contributed by atoms with Gasteiger partial charge in [0.2, 0.25) is 5.95 Å². The van der Waals surface area contributed by atoms with Gasteiger partial charge in [-0.2, -0.15) is 4.98 Å². The van der Waals surface area contributed by atoms with Crippen LogP contribution in [0.25, 0.3) is 0 Å². The summed E-state index contributed by atoms with van der Waals surface area (Å²) in [6.45, 7) is 9.94. The predicted octanol–water partition coefficient (Wildman–Crippen LogP) is 2.67. The molecule has 0 aromatic carbocycles. The van der Waals surface area contributed by atoms with Gasteiger partial charge in [-0.1, -0.05) is 0 Å². The van der Waals surface area contributed by atoms with Crippen molar-refractivity contribution < 1.29 is 4.74 Å². The Balaban J connectivity index is 2.30. The first kappa shape index (κ1) is 14.5. The van der Waals surface area contributed by atoms with Crippen molar-refractivity contribution in [3.63, 3.8) is 0 Å². The van der Waals surface area contributed by atoms with Gasteiger partial charge in [-0.25, -0.2) is 4.98 Å². The van der Waals surface area contributed by atoms with Gasteiger partial charge in [-0.05, 0) is 43.6 Å². The van der Waals surface area contributed by atoms with E-state index >= 15 is 0 Å². The highest BCUT2D eigenvalue weighted by Crippen LogP contribution is 2.31. The Hall–Kier alpha value is -0.880. The van der Waals surface area contributed by atoms with E-state index in [4.69, 9.17) is 4.74 Å². The summed E-state index contributed by atoms with van der Waals surface area (Å²) in [4.78, 5) is 11.1. The number of ether oxygens (including phenoxy) is 1.